The van der Waals surface area contributed by atoms with Crippen molar-refractivity contribution in [2.75, 3.05) is 6.61 Å². The Hall–Kier alpha value is -2.94. The third kappa shape index (κ3) is 3.70. The number of carbonyl (C=O) groups is 1. The first-order valence-electron chi connectivity index (χ1n) is 8.47. The molecular formula is C21H16Cl2N2O3. The number of hydrogen-bond acceptors (Lipinski definition) is 5. The van der Waals surface area contributed by atoms with E-state index in [-0.39, 0.29) is 29.4 Å². The molecule has 0 aliphatic carbocycles. The Morgan fingerprint density at radius 3 is 2.54 bits per heavy atom. The number of nitrogens with zero attached hydrogens (tertiary/aromatic N) is 1. The largest absolute Gasteiger partial charge is 0.463 e. The van der Waals surface area contributed by atoms with Crippen LogP contribution in [0.4, 0.5) is 0 Å². The molecule has 2 N–H and O–H groups in total. The van der Waals surface area contributed by atoms with Crippen LogP contribution in [0, 0.1) is 11.3 Å². The summed E-state index contributed by atoms with van der Waals surface area (Å²) in [5.41, 5.74) is 7.53. The van der Waals surface area contributed by atoms with E-state index < -0.39 is 11.9 Å². The summed E-state index contributed by atoms with van der Waals surface area (Å²) in [6, 6.07) is 16.0. The molecule has 0 saturated heterocycles. The van der Waals surface area contributed by atoms with E-state index >= 15 is 0 Å². The second-order valence-corrected chi connectivity index (χ2v) is 6.74. The summed E-state index contributed by atoms with van der Waals surface area (Å²) < 4.78 is 11.0. The first-order valence-corrected chi connectivity index (χ1v) is 9.22. The SMILES string of the molecule is CCOC(=O)C1=C(c2ccccc2)OC(N)=C(C#N)[C@H]1c1ccc(Cl)c(Cl)c1. The Bertz CT molecular complexity index is 1020. The van der Waals surface area contributed by atoms with Crippen molar-refractivity contribution < 1.29 is 14.3 Å². The highest BCUT2D eigenvalue weighted by molar-refractivity contribution is 6.42. The normalized spacial score (nSPS) is 16.4. The second-order valence-electron chi connectivity index (χ2n) is 5.93. The maximum atomic E-state index is 12.9. The summed E-state index contributed by atoms with van der Waals surface area (Å²) in [7, 11) is 0. The third-order valence-corrected chi connectivity index (χ3v) is 4.97. The van der Waals surface area contributed by atoms with E-state index in [0.717, 1.165) is 0 Å². The van der Waals surface area contributed by atoms with E-state index in [2.05, 4.69) is 0 Å². The molecule has 0 bridgehead atoms. The molecule has 0 saturated carbocycles. The quantitative estimate of drug-likeness (QED) is 0.727. The molecule has 0 amide bonds. The maximum absolute atomic E-state index is 12.9. The van der Waals surface area contributed by atoms with Crippen LogP contribution in [0.5, 0.6) is 0 Å². The van der Waals surface area contributed by atoms with Gasteiger partial charge in [0, 0.05) is 5.56 Å². The summed E-state index contributed by atoms with van der Waals surface area (Å²) >= 11 is 12.2. The zero-order chi connectivity index (χ0) is 20.3. The molecular weight excluding hydrogens is 399 g/mol. The van der Waals surface area contributed by atoms with Gasteiger partial charge in [-0.15, -0.1) is 0 Å². The lowest BCUT2D eigenvalue weighted by Gasteiger charge is -2.28. The smallest absolute Gasteiger partial charge is 0.338 e. The van der Waals surface area contributed by atoms with Gasteiger partial charge in [0.1, 0.15) is 17.4 Å². The second kappa shape index (κ2) is 8.39. The lowest BCUT2D eigenvalue weighted by Crippen LogP contribution is -2.25. The van der Waals surface area contributed by atoms with Gasteiger partial charge in [-0.25, -0.2) is 4.79 Å². The Labute approximate surface area is 172 Å². The van der Waals surface area contributed by atoms with Gasteiger partial charge in [-0.1, -0.05) is 59.6 Å². The molecule has 0 radical (unpaired) electrons. The molecule has 3 rings (SSSR count). The third-order valence-electron chi connectivity index (χ3n) is 4.23. The van der Waals surface area contributed by atoms with Gasteiger partial charge in [0.25, 0.3) is 0 Å². The van der Waals surface area contributed by atoms with Crippen molar-refractivity contribution in [3.63, 3.8) is 0 Å². The molecule has 0 fully saturated rings. The van der Waals surface area contributed by atoms with Crippen molar-refractivity contribution >= 4 is 34.9 Å². The molecule has 7 heteroatoms. The van der Waals surface area contributed by atoms with Crippen LogP contribution in [0.15, 0.2) is 65.6 Å². The molecule has 2 aromatic rings. The number of nitrogens with two attached hydrogens (primary N) is 1. The Morgan fingerprint density at radius 2 is 1.93 bits per heavy atom. The molecule has 2 aromatic carbocycles. The summed E-state index contributed by atoms with van der Waals surface area (Å²) in [6.45, 7) is 1.87. The number of esters is 1. The molecule has 1 aliphatic heterocycles. The van der Waals surface area contributed by atoms with Crippen LogP contribution < -0.4 is 5.73 Å². The zero-order valence-electron chi connectivity index (χ0n) is 14.9. The number of allylic oxidation sites excluding steroid dienone is 1. The molecule has 1 heterocycles. The number of hydrogen-bond donors (Lipinski definition) is 1. The zero-order valence-corrected chi connectivity index (χ0v) is 16.4. The number of rotatable bonds is 4. The first-order chi connectivity index (χ1) is 13.5. The van der Waals surface area contributed by atoms with E-state index in [4.69, 9.17) is 38.4 Å². The highest BCUT2D eigenvalue weighted by Gasteiger charge is 2.38. The predicted molar refractivity (Wildman–Crippen MR) is 107 cm³/mol. The van der Waals surface area contributed by atoms with Crippen LogP contribution in [0.1, 0.15) is 24.0 Å². The monoisotopic (exact) mass is 414 g/mol. The van der Waals surface area contributed by atoms with Crippen molar-refractivity contribution in [2.45, 2.75) is 12.8 Å². The number of halogens is 2. The van der Waals surface area contributed by atoms with Gasteiger partial charge in [0.05, 0.1) is 28.1 Å². The predicted octanol–water partition coefficient (Wildman–Crippen LogP) is 4.78. The maximum Gasteiger partial charge on any atom is 0.338 e. The summed E-state index contributed by atoms with van der Waals surface area (Å²) in [5.74, 6) is -1.24. The lowest BCUT2D eigenvalue weighted by atomic mass is 9.82. The van der Waals surface area contributed by atoms with Gasteiger partial charge in [-0.3, -0.25) is 0 Å². The minimum absolute atomic E-state index is 0.0783. The molecule has 142 valence electrons. The van der Waals surface area contributed by atoms with Crippen LogP contribution in [-0.4, -0.2) is 12.6 Å². The summed E-state index contributed by atoms with van der Waals surface area (Å²) in [5, 5.41) is 10.4. The minimum Gasteiger partial charge on any atom is -0.463 e. The van der Waals surface area contributed by atoms with Gasteiger partial charge >= 0.3 is 5.97 Å². The van der Waals surface area contributed by atoms with Gasteiger partial charge < -0.3 is 15.2 Å². The molecule has 0 unspecified atom stereocenters. The number of carbonyl (C=O) groups excluding carboxylic acids is 1. The molecule has 5 nitrogen and oxygen atoms in total. The van der Waals surface area contributed by atoms with E-state index in [1.165, 1.54) is 0 Å². The fourth-order valence-corrected chi connectivity index (χ4v) is 3.31. The molecule has 28 heavy (non-hydrogen) atoms. The molecule has 0 aromatic heterocycles. The van der Waals surface area contributed by atoms with Crippen molar-refractivity contribution in [1.29, 1.82) is 5.26 Å². The average molecular weight is 415 g/mol. The van der Waals surface area contributed by atoms with Crippen molar-refractivity contribution in [2.24, 2.45) is 5.73 Å². The Morgan fingerprint density at radius 1 is 1.21 bits per heavy atom. The van der Waals surface area contributed by atoms with Crippen molar-refractivity contribution in [3.05, 3.63) is 86.7 Å². The van der Waals surface area contributed by atoms with Crippen molar-refractivity contribution in [1.82, 2.24) is 0 Å². The van der Waals surface area contributed by atoms with Gasteiger partial charge in [0.2, 0.25) is 5.88 Å². The molecule has 1 atom stereocenters. The Kier molecular flexibility index (Phi) is 5.93. The fraction of sp³-hybridized carbons (Fsp3) is 0.143. The van der Waals surface area contributed by atoms with E-state index in [9.17, 15) is 10.1 Å². The molecule has 1 aliphatic rings. The average Bonchev–Trinajstić information content (AvgIpc) is 2.70. The standard InChI is InChI=1S/C21H16Cl2N2O3/c1-2-27-21(26)18-17(13-8-9-15(22)16(23)10-13)14(11-24)20(25)28-19(18)12-6-4-3-5-7-12/h3-10,17H,2,25H2,1H3/t17-/m1/s1. The van der Waals surface area contributed by atoms with Gasteiger partial charge in [0.15, 0.2) is 0 Å². The Balaban J connectivity index is 2.29. The lowest BCUT2D eigenvalue weighted by molar-refractivity contribution is -0.138. The van der Waals surface area contributed by atoms with Gasteiger partial charge in [-0.2, -0.15) is 5.26 Å². The van der Waals surface area contributed by atoms with Crippen LogP contribution in [0.3, 0.4) is 0 Å². The first kappa shape index (κ1) is 19.8. The van der Waals surface area contributed by atoms with Crippen LogP contribution >= 0.6 is 23.2 Å². The topological polar surface area (TPSA) is 85.3 Å². The number of ether oxygens (including phenoxy) is 2. The van der Waals surface area contributed by atoms with Crippen LogP contribution in [0.2, 0.25) is 10.0 Å². The highest BCUT2D eigenvalue weighted by Crippen LogP contribution is 2.43. The number of nitriles is 1. The van der Waals surface area contributed by atoms with Crippen molar-refractivity contribution in [3.8, 4) is 6.07 Å². The van der Waals surface area contributed by atoms with Crippen LogP contribution in [0.25, 0.3) is 5.76 Å². The summed E-state index contributed by atoms with van der Waals surface area (Å²) in [6.07, 6.45) is 0. The summed E-state index contributed by atoms with van der Waals surface area (Å²) in [4.78, 5) is 12.9. The fourth-order valence-electron chi connectivity index (χ4n) is 3.01. The number of benzene rings is 2. The minimum atomic E-state index is -0.803. The van der Waals surface area contributed by atoms with Crippen LogP contribution in [-0.2, 0) is 14.3 Å². The van der Waals surface area contributed by atoms with Gasteiger partial charge in [-0.05, 0) is 24.6 Å². The van der Waals surface area contributed by atoms with E-state index in [1.807, 2.05) is 24.3 Å². The highest BCUT2D eigenvalue weighted by atomic mass is 35.5. The molecule has 0 spiro atoms. The van der Waals surface area contributed by atoms with E-state index in [1.54, 1.807) is 37.3 Å². The van der Waals surface area contributed by atoms with E-state index in [0.29, 0.717) is 21.2 Å².